The van der Waals surface area contributed by atoms with Crippen LogP contribution in [0.4, 0.5) is 5.69 Å². The van der Waals surface area contributed by atoms with Gasteiger partial charge in [-0.1, -0.05) is 0 Å². The van der Waals surface area contributed by atoms with Gasteiger partial charge in [-0.15, -0.1) is 11.3 Å². The normalized spacial score (nSPS) is 10.1. The predicted molar refractivity (Wildman–Crippen MR) is 75.0 cm³/mol. The summed E-state index contributed by atoms with van der Waals surface area (Å²) in [5.74, 6) is -0.871. The van der Waals surface area contributed by atoms with E-state index in [2.05, 4.69) is 15.3 Å². The van der Waals surface area contributed by atoms with Gasteiger partial charge >= 0.3 is 5.97 Å². The Bertz CT molecular complexity index is 625. The van der Waals surface area contributed by atoms with Crippen molar-refractivity contribution >= 4 is 28.9 Å². The number of esters is 1. The molecule has 0 radical (unpaired) electrons. The van der Waals surface area contributed by atoms with E-state index in [0.29, 0.717) is 10.6 Å². The third-order valence-corrected chi connectivity index (χ3v) is 3.35. The minimum atomic E-state index is -0.511. The van der Waals surface area contributed by atoms with E-state index in [9.17, 15) is 9.59 Å². The first-order valence-electron chi connectivity index (χ1n) is 5.97. The van der Waals surface area contributed by atoms with Gasteiger partial charge in [-0.3, -0.25) is 9.78 Å². The van der Waals surface area contributed by atoms with E-state index in [-0.39, 0.29) is 23.2 Å². The second kappa shape index (κ2) is 6.25. The Morgan fingerprint density at radius 3 is 2.70 bits per heavy atom. The van der Waals surface area contributed by atoms with Crippen LogP contribution in [0.3, 0.4) is 0 Å². The van der Waals surface area contributed by atoms with E-state index in [4.69, 9.17) is 4.74 Å². The lowest BCUT2D eigenvalue weighted by Gasteiger charge is -2.02. The van der Waals surface area contributed by atoms with Crippen molar-refractivity contribution in [3.8, 4) is 0 Å². The summed E-state index contributed by atoms with van der Waals surface area (Å²) in [7, 11) is 0. The Balaban J connectivity index is 2.16. The molecule has 2 aromatic heterocycles. The lowest BCUT2D eigenvalue weighted by molar-refractivity contribution is 0.0526. The molecule has 0 saturated carbocycles. The second-order valence-corrected chi connectivity index (χ2v) is 5.04. The van der Waals surface area contributed by atoms with Crippen LogP contribution in [-0.4, -0.2) is 28.5 Å². The number of hydrogen-bond acceptors (Lipinski definition) is 6. The highest BCUT2D eigenvalue weighted by Gasteiger charge is 2.20. The Morgan fingerprint density at radius 2 is 2.05 bits per heavy atom. The molecule has 0 saturated heterocycles. The molecule has 0 aromatic carbocycles. The van der Waals surface area contributed by atoms with Crippen molar-refractivity contribution in [1.29, 1.82) is 0 Å². The second-order valence-electron chi connectivity index (χ2n) is 3.83. The minimum absolute atomic E-state index is 0.184. The largest absolute Gasteiger partial charge is 0.461 e. The number of ether oxygens (including phenoxy) is 1. The van der Waals surface area contributed by atoms with Gasteiger partial charge in [-0.25, -0.2) is 9.78 Å². The fourth-order valence-corrected chi connectivity index (χ4v) is 2.32. The van der Waals surface area contributed by atoms with Crippen molar-refractivity contribution in [2.75, 3.05) is 11.9 Å². The number of nitrogens with one attached hydrogen (secondary N) is 1. The third-order valence-electron chi connectivity index (χ3n) is 2.40. The van der Waals surface area contributed by atoms with Crippen LogP contribution in [0.2, 0.25) is 0 Å². The predicted octanol–water partition coefficient (Wildman–Crippen LogP) is 2.28. The molecular weight excluding hydrogens is 278 g/mol. The number of aromatic nitrogens is 2. The maximum Gasteiger partial charge on any atom is 0.367 e. The number of pyridine rings is 1. The van der Waals surface area contributed by atoms with Crippen LogP contribution in [0.25, 0.3) is 0 Å². The van der Waals surface area contributed by atoms with Gasteiger partial charge in [-0.2, -0.15) is 0 Å². The quantitative estimate of drug-likeness (QED) is 0.874. The fraction of sp³-hybridized carbons (Fsp3) is 0.231. The summed E-state index contributed by atoms with van der Waals surface area (Å²) in [6.07, 6.45) is 3.15. The Labute approximate surface area is 119 Å². The molecule has 0 unspecified atom stereocenters. The molecule has 0 bridgehead atoms. The van der Waals surface area contributed by atoms with Crippen molar-refractivity contribution < 1.29 is 14.3 Å². The van der Waals surface area contributed by atoms with Crippen molar-refractivity contribution in [2.45, 2.75) is 13.8 Å². The number of anilines is 1. The number of carbonyl (C=O) groups is 2. The zero-order chi connectivity index (χ0) is 14.5. The van der Waals surface area contributed by atoms with Gasteiger partial charge in [0, 0.05) is 23.0 Å². The molecule has 2 aromatic rings. The van der Waals surface area contributed by atoms with Gasteiger partial charge in [0.05, 0.1) is 6.61 Å². The molecule has 1 amide bonds. The Hall–Kier alpha value is -2.28. The standard InChI is InChI=1S/C13H13N3O3S/c1-3-19-13(18)12-16-10(8(2)20-12)11(17)15-9-4-6-14-7-5-9/h4-7H,3H2,1-2H3,(H,14,15,17). The first-order valence-corrected chi connectivity index (χ1v) is 6.79. The molecule has 0 atom stereocenters. The van der Waals surface area contributed by atoms with Crippen LogP contribution in [0.5, 0.6) is 0 Å². The average Bonchev–Trinajstić information content (AvgIpc) is 2.82. The lowest BCUT2D eigenvalue weighted by Crippen LogP contribution is -2.14. The minimum Gasteiger partial charge on any atom is -0.461 e. The molecule has 0 aliphatic rings. The summed E-state index contributed by atoms with van der Waals surface area (Å²) >= 11 is 1.14. The first-order chi connectivity index (χ1) is 9.61. The zero-order valence-electron chi connectivity index (χ0n) is 11.0. The molecule has 2 rings (SSSR count). The van der Waals surface area contributed by atoms with E-state index in [1.54, 1.807) is 38.4 Å². The summed E-state index contributed by atoms with van der Waals surface area (Å²) in [6, 6.07) is 3.34. The van der Waals surface area contributed by atoms with E-state index >= 15 is 0 Å². The number of thiazole rings is 1. The molecule has 104 valence electrons. The zero-order valence-corrected chi connectivity index (χ0v) is 11.9. The Morgan fingerprint density at radius 1 is 1.35 bits per heavy atom. The molecular formula is C13H13N3O3S. The van der Waals surface area contributed by atoms with Crippen LogP contribution >= 0.6 is 11.3 Å². The highest BCUT2D eigenvalue weighted by atomic mass is 32.1. The van der Waals surface area contributed by atoms with Gasteiger partial charge in [0.15, 0.2) is 0 Å². The Kier molecular flexibility index (Phi) is 4.41. The van der Waals surface area contributed by atoms with Crippen molar-refractivity contribution in [3.63, 3.8) is 0 Å². The topological polar surface area (TPSA) is 81.2 Å². The molecule has 2 heterocycles. The van der Waals surface area contributed by atoms with E-state index < -0.39 is 5.97 Å². The molecule has 0 spiro atoms. The molecule has 6 nitrogen and oxygen atoms in total. The molecule has 0 aliphatic heterocycles. The smallest absolute Gasteiger partial charge is 0.367 e. The first kappa shape index (κ1) is 14.1. The number of carbonyl (C=O) groups excluding carboxylic acids is 2. The van der Waals surface area contributed by atoms with Crippen LogP contribution in [0.1, 0.15) is 32.1 Å². The van der Waals surface area contributed by atoms with Crippen LogP contribution in [-0.2, 0) is 4.74 Å². The van der Waals surface area contributed by atoms with E-state index in [1.165, 1.54) is 0 Å². The number of hydrogen-bond donors (Lipinski definition) is 1. The van der Waals surface area contributed by atoms with Gasteiger partial charge in [0.2, 0.25) is 5.01 Å². The maximum atomic E-state index is 12.1. The number of aryl methyl sites for hydroxylation is 1. The summed E-state index contributed by atoms with van der Waals surface area (Å²) in [5.41, 5.74) is 0.852. The summed E-state index contributed by atoms with van der Waals surface area (Å²) in [5, 5.41) is 2.88. The van der Waals surface area contributed by atoms with Crippen LogP contribution in [0.15, 0.2) is 24.5 Å². The number of nitrogens with zero attached hydrogens (tertiary/aromatic N) is 2. The van der Waals surface area contributed by atoms with Gasteiger partial charge in [0.1, 0.15) is 5.69 Å². The van der Waals surface area contributed by atoms with Crippen molar-refractivity contribution in [2.24, 2.45) is 0 Å². The molecule has 7 heteroatoms. The molecule has 1 N–H and O–H groups in total. The lowest BCUT2D eigenvalue weighted by atomic mass is 10.3. The summed E-state index contributed by atoms with van der Waals surface area (Å²) < 4.78 is 4.86. The average molecular weight is 291 g/mol. The summed E-state index contributed by atoms with van der Waals surface area (Å²) in [6.45, 7) is 3.73. The molecule has 0 fully saturated rings. The van der Waals surface area contributed by atoms with E-state index in [1.807, 2.05) is 0 Å². The SMILES string of the molecule is CCOC(=O)c1nc(C(=O)Nc2ccncc2)c(C)s1. The van der Waals surface area contributed by atoms with Gasteiger partial charge < -0.3 is 10.1 Å². The molecule has 20 heavy (non-hydrogen) atoms. The monoisotopic (exact) mass is 291 g/mol. The van der Waals surface area contributed by atoms with Crippen molar-refractivity contribution in [1.82, 2.24) is 9.97 Å². The van der Waals surface area contributed by atoms with Gasteiger partial charge in [-0.05, 0) is 26.0 Å². The fourth-order valence-electron chi connectivity index (χ4n) is 1.51. The van der Waals surface area contributed by atoms with Crippen molar-refractivity contribution in [3.05, 3.63) is 40.1 Å². The van der Waals surface area contributed by atoms with Gasteiger partial charge in [0.25, 0.3) is 5.91 Å². The number of amides is 1. The van der Waals surface area contributed by atoms with Crippen LogP contribution < -0.4 is 5.32 Å². The van der Waals surface area contributed by atoms with E-state index in [0.717, 1.165) is 11.3 Å². The third kappa shape index (κ3) is 3.18. The molecule has 0 aliphatic carbocycles. The van der Waals surface area contributed by atoms with Crippen LogP contribution in [0, 0.1) is 6.92 Å². The maximum absolute atomic E-state index is 12.1. The highest BCUT2D eigenvalue weighted by molar-refractivity contribution is 7.13. The number of rotatable bonds is 4. The summed E-state index contributed by atoms with van der Waals surface area (Å²) in [4.78, 5) is 32.2. The highest BCUT2D eigenvalue weighted by Crippen LogP contribution is 2.19.